The number of rotatable bonds is 5. The van der Waals surface area contributed by atoms with E-state index in [0.29, 0.717) is 33.2 Å². The molecule has 154 valence electrons. The predicted molar refractivity (Wildman–Crippen MR) is 127 cm³/mol. The van der Waals surface area contributed by atoms with Gasteiger partial charge in [-0.1, -0.05) is 56.3 Å². The second-order valence-corrected chi connectivity index (χ2v) is 7.56. The Kier molecular flexibility index (Phi) is 3.20. The van der Waals surface area contributed by atoms with Crippen molar-refractivity contribution in [2.75, 3.05) is 0 Å². The van der Waals surface area contributed by atoms with Gasteiger partial charge < -0.3 is 4.42 Å². The van der Waals surface area contributed by atoms with Crippen molar-refractivity contribution in [3.05, 3.63) is 95.3 Å². The molecule has 0 aliphatic rings. The van der Waals surface area contributed by atoms with Gasteiger partial charge in [-0.15, -0.1) is 0 Å². The molecule has 2 aromatic carbocycles. The standard InChI is InChI=1S/C28H26N2O/c1-18(2)25-16-26(29-17-19(25)3)24-11-7-10-22-23-15-14-21(30-28(23)31-27(22)24)13-12-20-8-5-4-6-9-20/h4-11,14-18H,12-13H2,1-3H3/i3D3,12D2,13D2,18D. The molecule has 0 saturated carbocycles. The lowest BCUT2D eigenvalue weighted by Gasteiger charge is -2.11. The fourth-order valence-electron chi connectivity index (χ4n) is 3.62. The summed E-state index contributed by atoms with van der Waals surface area (Å²) < 4.78 is 72.7. The molecule has 3 nitrogen and oxygen atoms in total. The number of fused-ring (bicyclic) bond motifs is 3. The highest BCUT2D eigenvalue weighted by atomic mass is 16.3. The quantitative estimate of drug-likeness (QED) is 0.304. The predicted octanol–water partition coefficient (Wildman–Crippen LogP) is 7.26. The van der Waals surface area contributed by atoms with Crippen molar-refractivity contribution in [2.45, 2.75) is 39.3 Å². The number of pyridine rings is 2. The molecule has 0 radical (unpaired) electrons. The van der Waals surface area contributed by atoms with Crippen LogP contribution in [0.4, 0.5) is 0 Å². The number of benzene rings is 2. The maximum atomic E-state index is 8.66. The number of aryl methyl sites for hydroxylation is 3. The average Bonchev–Trinajstić information content (AvgIpc) is 3.26. The second kappa shape index (κ2) is 7.99. The zero-order valence-corrected chi connectivity index (χ0v) is 17.2. The first-order valence-corrected chi connectivity index (χ1v) is 10.0. The summed E-state index contributed by atoms with van der Waals surface area (Å²) in [7, 11) is 0. The van der Waals surface area contributed by atoms with Gasteiger partial charge in [0, 0.05) is 39.2 Å². The SMILES string of the molecule is [2H]C([2H])([2H])c1cnc(-c2cccc3c2oc2nc(C([2H])([2H])C([2H])([2H])c4ccccc4)ccc23)cc1C([2H])(C)C. The Morgan fingerprint density at radius 3 is 2.68 bits per heavy atom. The van der Waals surface area contributed by atoms with Gasteiger partial charge in [-0.25, -0.2) is 4.98 Å². The van der Waals surface area contributed by atoms with Gasteiger partial charge in [-0.2, -0.15) is 0 Å². The van der Waals surface area contributed by atoms with E-state index in [1.807, 2.05) is 6.07 Å². The first kappa shape index (κ1) is 12.4. The molecule has 31 heavy (non-hydrogen) atoms. The van der Waals surface area contributed by atoms with Gasteiger partial charge >= 0.3 is 0 Å². The Balaban J connectivity index is 1.66. The summed E-state index contributed by atoms with van der Waals surface area (Å²) in [5.74, 6) is -1.19. The first-order chi connectivity index (χ1) is 18.1. The minimum atomic E-state index is -2.47. The average molecular weight is 415 g/mol. The van der Waals surface area contributed by atoms with Crippen molar-refractivity contribution in [2.24, 2.45) is 0 Å². The van der Waals surface area contributed by atoms with E-state index in [1.165, 1.54) is 12.3 Å². The maximum absolute atomic E-state index is 8.66. The zero-order chi connectivity index (χ0) is 28.4. The summed E-state index contributed by atoms with van der Waals surface area (Å²) in [5, 5.41) is 1.31. The Bertz CT molecular complexity index is 1690. The molecule has 0 spiro atoms. The molecule has 0 unspecified atom stereocenters. The number of hydrogen-bond donors (Lipinski definition) is 0. The highest BCUT2D eigenvalue weighted by Gasteiger charge is 2.15. The summed E-state index contributed by atoms with van der Waals surface area (Å²) in [6, 6.07) is 18.3. The van der Waals surface area contributed by atoms with Crippen LogP contribution >= 0.6 is 0 Å². The molecule has 0 bridgehead atoms. The van der Waals surface area contributed by atoms with E-state index in [-0.39, 0.29) is 22.5 Å². The summed E-state index contributed by atoms with van der Waals surface area (Å²) in [5.41, 5.74) is 2.00. The number of hydrogen-bond acceptors (Lipinski definition) is 3. The van der Waals surface area contributed by atoms with Gasteiger partial charge in [0.1, 0.15) is 5.58 Å². The highest BCUT2D eigenvalue weighted by Crippen LogP contribution is 2.35. The first-order valence-electron chi connectivity index (χ1n) is 14.0. The molecule has 0 saturated heterocycles. The van der Waals surface area contributed by atoms with E-state index >= 15 is 0 Å². The Labute approximate surface area is 194 Å². The molecule has 5 rings (SSSR count). The minimum absolute atomic E-state index is 0.0178. The number of nitrogens with zero attached hydrogens (tertiary/aromatic N) is 2. The number of para-hydroxylation sites is 1. The molecular formula is C28H26N2O. The molecule has 3 heteroatoms. The van der Waals surface area contributed by atoms with Gasteiger partial charge in [0.15, 0.2) is 0 Å². The highest BCUT2D eigenvalue weighted by molar-refractivity contribution is 6.08. The molecule has 0 atom stereocenters. The van der Waals surface area contributed by atoms with Crippen molar-refractivity contribution in [3.8, 4) is 11.3 Å². The van der Waals surface area contributed by atoms with E-state index in [4.69, 9.17) is 15.4 Å². The molecule has 0 aliphatic heterocycles. The fourth-order valence-corrected chi connectivity index (χ4v) is 3.62. The maximum Gasteiger partial charge on any atom is 0.227 e. The molecule has 0 N–H and O–H groups in total. The van der Waals surface area contributed by atoms with Gasteiger partial charge in [0.25, 0.3) is 0 Å². The van der Waals surface area contributed by atoms with E-state index < -0.39 is 25.5 Å². The van der Waals surface area contributed by atoms with Crippen LogP contribution in [0.5, 0.6) is 0 Å². The van der Waals surface area contributed by atoms with Crippen LogP contribution in [-0.2, 0) is 12.7 Å². The molecule has 0 fully saturated rings. The third kappa shape index (κ3) is 3.72. The Morgan fingerprint density at radius 2 is 1.87 bits per heavy atom. The lowest BCUT2D eigenvalue weighted by atomic mass is 9.97. The van der Waals surface area contributed by atoms with Crippen molar-refractivity contribution >= 4 is 22.1 Å². The second-order valence-electron chi connectivity index (χ2n) is 7.56. The third-order valence-corrected chi connectivity index (χ3v) is 5.19. The van der Waals surface area contributed by atoms with Gasteiger partial charge in [-0.05, 0) is 66.4 Å². The topological polar surface area (TPSA) is 38.9 Å². The Hall–Kier alpha value is -3.46. The van der Waals surface area contributed by atoms with Crippen molar-refractivity contribution in [1.82, 2.24) is 9.97 Å². The van der Waals surface area contributed by atoms with E-state index in [1.54, 1.807) is 68.4 Å². The smallest absolute Gasteiger partial charge is 0.227 e. The summed E-state index contributed by atoms with van der Waals surface area (Å²) in [6.45, 7) is 0.821. The van der Waals surface area contributed by atoms with Crippen molar-refractivity contribution < 1.29 is 15.4 Å². The summed E-state index contributed by atoms with van der Waals surface area (Å²) in [4.78, 5) is 8.81. The van der Waals surface area contributed by atoms with Crippen LogP contribution < -0.4 is 0 Å². The monoisotopic (exact) mass is 414 g/mol. The fraction of sp³-hybridized carbons (Fsp3) is 0.214. The van der Waals surface area contributed by atoms with Crippen LogP contribution in [0.1, 0.15) is 53.1 Å². The van der Waals surface area contributed by atoms with Gasteiger partial charge in [0.2, 0.25) is 5.71 Å². The third-order valence-electron chi connectivity index (χ3n) is 5.19. The minimum Gasteiger partial charge on any atom is -0.437 e. The molecular weight excluding hydrogens is 380 g/mol. The van der Waals surface area contributed by atoms with Crippen LogP contribution in [-0.4, -0.2) is 9.97 Å². The van der Waals surface area contributed by atoms with Gasteiger partial charge in [0.05, 0.1) is 5.69 Å². The summed E-state index contributed by atoms with van der Waals surface area (Å²) >= 11 is 0. The normalized spacial score (nSPS) is 17.1. The van der Waals surface area contributed by atoms with Crippen LogP contribution in [0.25, 0.3) is 33.3 Å². The molecule has 0 amide bonds. The van der Waals surface area contributed by atoms with Crippen molar-refractivity contribution in [3.63, 3.8) is 0 Å². The zero-order valence-electron chi connectivity index (χ0n) is 25.2. The van der Waals surface area contributed by atoms with E-state index in [9.17, 15) is 0 Å². The largest absolute Gasteiger partial charge is 0.437 e. The van der Waals surface area contributed by atoms with E-state index in [2.05, 4.69) is 9.97 Å². The van der Waals surface area contributed by atoms with E-state index in [0.717, 1.165) is 0 Å². The lowest BCUT2D eigenvalue weighted by molar-refractivity contribution is 0.651. The number of furan rings is 1. The van der Waals surface area contributed by atoms with Crippen LogP contribution in [0.15, 0.2) is 77.3 Å². The molecule has 3 heterocycles. The van der Waals surface area contributed by atoms with Crippen molar-refractivity contribution in [1.29, 1.82) is 0 Å². The number of aromatic nitrogens is 2. The molecule has 0 aliphatic carbocycles. The molecule has 5 aromatic rings. The Morgan fingerprint density at radius 1 is 1.00 bits per heavy atom. The summed E-state index contributed by atoms with van der Waals surface area (Å²) in [6.07, 6.45) is -3.54. The molecule has 3 aromatic heterocycles. The van der Waals surface area contributed by atoms with Crippen LogP contribution in [0, 0.1) is 6.85 Å². The lowest BCUT2D eigenvalue weighted by Crippen LogP contribution is -1.95. The van der Waals surface area contributed by atoms with Crippen LogP contribution in [0.2, 0.25) is 0 Å². The van der Waals surface area contributed by atoms with Crippen LogP contribution in [0.3, 0.4) is 0 Å². The van der Waals surface area contributed by atoms with Gasteiger partial charge in [-0.3, -0.25) is 4.98 Å².